The minimum atomic E-state index is -0.473. The summed E-state index contributed by atoms with van der Waals surface area (Å²) in [4.78, 5) is 41.3. The molecule has 0 fully saturated rings. The van der Waals surface area contributed by atoms with E-state index >= 15 is 0 Å². The van der Waals surface area contributed by atoms with E-state index in [9.17, 15) is 19.5 Å². The van der Waals surface area contributed by atoms with Crippen LogP contribution in [-0.2, 0) is 12.0 Å². The highest BCUT2D eigenvalue weighted by atomic mass is 32.1. The summed E-state index contributed by atoms with van der Waals surface area (Å²) >= 11 is 2.44. The molecule has 6 N–H and O–H groups in total. The van der Waals surface area contributed by atoms with Crippen LogP contribution in [0.15, 0.2) is 71.1 Å². The molecule has 0 spiro atoms. The summed E-state index contributed by atoms with van der Waals surface area (Å²) in [6, 6.07) is 18.1. The van der Waals surface area contributed by atoms with E-state index in [1.807, 2.05) is 17.0 Å². The topological polar surface area (TPSA) is 164 Å². The number of carbonyl (C=O) groups excluding carboxylic acids is 3. The highest BCUT2D eigenvalue weighted by molar-refractivity contribution is 7.16. The van der Waals surface area contributed by atoms with Gasteiger partial charge in [0.15, 0.2) is 0 Å². The fourth-order valence-electron chi connectivity index (χ4n) is 4.86. The number of hydrazone groups is 1. The lowest BCUT2D eigenvalue weighted by Crippen LogP contribution is -2.37. The molecule has 0 bridgehead atoms. The molecule has 0 aliphatic carbocycles. The molecule has 0 aliphatic rings. The van der Waals surface area contributed by atoms with Crippen molar-refractivity contribution in [2.24, 2.45) is 5.10 Å². The Kier molecular flexibility index (Phi) is 13.2. The molecule has 0 unspecified atom stereocenters. The maximum Gasteiger partial charge on any atom is 0.281 e. The van der Waals surface area contributed by atoms with Gasteiger partial charge in [-0.15, -0.1) is 22.7 Å². The first-order chi connectivity index (χ1) is 23.4. The van der Waals surface area contributed by atoms with E-state index < -0.39 is 5.91 Å². The zero-order valence-electron chi connectivity index (χ0n) is 28.1. The van der Waals surface area contributed by atoms with Crippen molar-refractivity contribution in [1.29, 1.82) is 0 Å². The monoisotopic (exact) mass is 705 g/mol. The third-order valence-corrected chi connectivity index (χ3v) is 9.86. The summed E-state index contributed by atoms with van der Waals surface area (Å²) in [6.45, 7) is 10.0. The van der Waals surface area contributed by atoms with Crippen LogP contribution in [0.25, 0.3) is 10.4 Å². The van der Waals surface area contributed by atoms with Crippen LogP contribution in [0, 0.1) is 0 Å². The number of aromatic hydroxyl groups is 1. The lowest BCUT2D eigenvalue weighted by Gasteiger charge is -2.20. The Morgan fingerprint density at radius 3 is 2.06 bits per heavy atom. The number of nitrogens with zero attached hydrogens (tertiary/aromatic N) is 2. The van der Waals surface area contributed by atoms with Gasteiger partial charge >= 0.3 is 0 Å². The molecule has 49 heavy (non-hydrogen) atoms. The molecule has 4 rings (SSSR count). The number of rotatable bonds is 15. The van der Waals surface area contributed by atoms with Crippen molar-refractivity contribution in [3.8, 4) is 16.2 Å². The molecule has 2 heterocycles. The Hall–Kier alpha value is -4.40. The zero-order valence-corrected chi connectivity index (χ0v) is 29.7. The van der Waals surface area contributed by atoms with Gasteiger partial charge in [-0.2, -0.15) is 5.10 Å². The van der Waals surface area contributed by atoms with E-state index in [2.05, 4.69) is 54.1 Å². The zero-order chi connectivity index (χ0) is 35.6. The molecule has 3 amide bonds. The largest absolute Gasteiger partial charge is 0.506 e. The summed E-state index contributed by atoms with van der Waals surface area (Å²) < 4.78 is 0. The minimum Gasteiger partial charge on any atom is -0.506 e. The van der Waals surface area contributed by atoms with E-state index in [-0.39, 0.29) is 42.7 Å². The molecular weight excluding hydrogens is 663 g/mol. The van der Waals surface area contributed by atoms with E-state index in [1.54, 1.807) is 48.7 Å². The Morgan fingerprint density at radius 2 is 1.45 bits per heavy atom. The second-order valence-electron chi connectivity index (χ2n) is 12.4. The van der Waals surface area contributed by atoms with Crippen molar-refractivity contribution < 1.29 is 29.7 Å². The normalized spacial score (nSPS) is 11.9. The molecule has 0 radical (unpaired) electrons. The van der Waals surface area contributed by atoms with Crippen LogP contribution in [0.3, 0.4) is 0 Å². The number of hydrogen-bond donors (Lipinski definition) is 6. The Labute approximate surface area is 294 Å². The van der Waals surface area contributed by atoms with Gasteiger partial charge in [0.1, 0.15) is 5.75 Å². The van der Waals surface area contributed by atoms with Gasteiger partial charge in [-0.1, -0.05) is 57.2 Å². The summed E-state index contributed by atoms with van der Waals surface area (Å²) in [5.41, 5.74) is 6.88. The summed E-state index contributed by atoms with van der Waals surface area (Å²) in [5.74, 6) is -0.952. The van der Waals surface area contributed by atoms with E-state index in [0.29, 0.717) is 52.8 Å². The number of aliphatic hydroxyl groups is 2. The maximum absolute atomic E-state index is 12.8. The predicted molar refractivity (Wildman–Crippen MR) is 195 cm³/mol. The Morgan fingerprint density at radius 1 is 0.816 bits per heavy atom. The van der Waals surface area contributed by atoms with Crippen molar-refractivity contribution in [2.45, 2.75) is 39.7 Å². The number of aliphatic hydroxyl groups excluding tert-OH is 2. The summed E-state index contributed by atoms with van der Waals surface area (Å²) in [6.07, 6.45) is 0. The fourth-order valence-corrected chi connectivity index (χ4v) is 6.68. The quantitative estimate of drug-likeness (QED) is 0.0779. The van der Waals surface area contributed by atoms with Crippen molar-refractivity contribution in [2.75, 3.05) is 39.4 Å². The Balaban J connectivity index is 1.26. The third kappa shape index (κ3) is 10.3. The van der Waals surface area contributed by atoms with Crippen molar-refractivity contribution >= 4 is 46.1 Å². The summed E-state index contributed by atoms with van der Waals surface area (Å²) in [5, 5.41) is 40.8. The molecule has 13 heteroatoms. The van der Waals surface area contributed by atoms with Crippen LogP contribution in [-0.4, -0.2) is 83.0 Å². The number of amides is 3. The first-order valence-corrected chi connectivity index (χ1v) is 17.6. The van der Waals surface area contributed by atoms with Crippen LogP contribution in [0.4, 0.5) is 0 Å². The van der Waals surface area contributed by atoms with Crippen LogP contribution in [0.2, 0.25) is 0 Å². The molecule has 0 aliphatic heterocycles. The SMILES string of the molecule is CC(=NNC(=O)c1ccc(C(=O)NCc2ccc(C(=O)NCCN(CCO)CCO)cc2)s1)c1csc(-c2ccc(C(C)(C)C)cc2)c1O. The standard InChI is InChI=1S/C36H43N5O6S2/c1-23(28-22-48-32(31(28)44)25-9-11-27(12-10-25)36(2,3)4)39-40-35(47)30-14-13-29(49-30)34(46)38-21-24-5-7-26(8-6-24)33(45)37-15-16-41(17-19-42)18-20-43/h5-14,22,42-44H,15-21H2,1-4H3,(H,37,45)(H,38,46)(H,40,47). The highest BCUT2D eigenvalue weighted by Gasteiger charge is 2.18. The second kappa shape index (κ2) is 17.3. The van der Waals surface area contributed by atoms with Crippen LogP contribution < -0.4 is 16.1 Å². The number of hydrogen-bond acceptors (Lipinski definition) is 10. The van der Waals surface area contributed by atoms with Crippen molar-refractivity contribution in [3.05, 3.63) is 98.1 Å². The molecule has 260 valence electrons. The molecule has 0 saturated heterocycles. The summed E-state index contributed by atoms with van der Waals surface area (Å²) in [7, 11) is 0. The van der Waals surface area contributed by atoms with Crippen molar-refractivity contribution in [1.82, 2.24) is 21.0 Å². The average Bonchev–Trinajstić information content (AvgIpc) is 3.73. The van der Waals surface area contributed by atoms with Crippen LogP contribution in [0.5, 0.6) is 5.75 Å². The maximum atomic E-state index is 12.8. The molecule has 4 aromatic rings. The number of thiophene rings is 2. The minimum absolute atomic E-state index is 0.0252. The lowest BCUT2D eigenvalue weighted by atomic mass is 9.86. The highest BCUT2D eigenvalue weighted by Crippen LogP contribution is 2.39. The predicted octanol–water partition coefficient (Wildman–Crippen LogP) is 4.58. The van der Waals surface area contributed by atoms with Gasteiger partial charge in [-0.25, -0.2) is 5.43 Å². The van der Waals surface area contributed by atoms with Gasteiger partial charge in [0.2, 0.25) is 0 Å². The number of benzene rings is 2. The lowest BCUT2D eigenvalue weighted by molar-refractivity contribution is 0.0937. The van der Waals surface area contributed by atoms with Gasteiger partial charge in [0, 0.05) is 43.7 Å². The molecule has 2 aromatic heterocycles. The van der Waals surface area contributed by atoms with Crippen LogP contribution >= 0.6 is 22.7 Å². The van der Waals surface area contributed by atoms with Gasteiger partial charge in [-0.3, -0.25) is 19.3 Å². The average molecular weight is 706 g/mol. The van der Waals surface area contributed by atoms with Gasteiger partial charge in [0.25, 0.3) is 17.7 Å². The van der Waals surface area contributed by atoms with Crippen LogP contribution in [0.1, 0.15) is 74.1 Å². The van der Waals surface area contributed by atoms with E-state index in [1.165, 1.54) is 16.9 Å². The molecule has 11 nitrogen and oxygen atoms in total. The smallest absolute Gasteiger partial charge is 0.281 e. The number of nitrogens with one attached hydrogen (secondary N) is 3. The first-order valence-electron chi connectivity index (χ1n) is 15.9. The van der Waals surface area contributed by atoms with Gasteiger partial charge in [0.05, 0.1) is 39.1 Å². The number of carbonyl (C=O) groups is 3. The van der Waals surface area contributed by atoms with Crippen molar-refractivity contribution in [3.63, 3.8) is 0 Å². The Bertz CT molecular complexity index is 1750. The second-order valence-corrected chi connectivity index (χ2v) is 14.3. The molecule has 2 aromatic carbocycles. The van der Waals surface area contributed by atoms with Gasteiger partial charge < -0.3 is 26.0 Å². The molecular formula is C36H43N5O6S2. The third-order valence-electron chi connectivity index (χ3n) is 7.76. The van der Waals surface area contributed by atoms with Gasteiger partial charge in [-0.05, 0) is 53.3 Å². The molecule has 0 saturated carbocycles. The fraction of sp³-hybridized carbons (Fsp3) is 0.333. The first kappa shape index (κ1) is 37.4. The van der Waals surface area contributed by atoms with E-state index in [4.69, 9.17) is 10.2 Å². The van der Waals surface area contributed by atoms with E-state index in [0.717, 1.165) is 27.3 Å². The molecule has 0 atom stereocenters.